The highest BCUT2D eigenvalue weighted by molar-refractivity contribution is 7.98. The van der Waals surface area contributed by atoms with Gasteiger partial charge >= 0.3 is 0 Å². The molecule has 0 aliphatic rings. The van der Waals surface area contributed by atoms with Crippen molar-refractivity contribution in [2.24, 2.45) is 0 Å². The molecule has 0 radical (unpaired) electrons. The molecular formula is C24H30N4O3S. The molecule has 7 nitrogen and oxygen atoms in total. The van der Waals surface area contributed by atoms with Crippen LogP contribution in [-0.4, -0.2) is 34.3 Å². The predicted octanol–water partition coefficient (Wildman–Crippen LogP) is 5.71. The minimum atomic E-state index is -0.171. The van der Waals surface area contributed by atoms with Crippen LogP contribution in [0.4, 0.5) is 5.69 Å². The van der Waals surface area contributed by atoms with Crippen molar-refractivity contribution in [2.75, 3.05) is 18.5 Å². The summed E-state index contributed by atoms with van der Waals surface area (Å²) < 4.78 is 11.8. The van der Waals surface area contributed by atoms with Gasteiger partial charge in [-0.25, -0.2) is 4.98 Å². The van der Waals surface area contributed by atoms with E-state index >= 15 is 0 Å². The number of hydrogen-bond donors (Lipinski definition) is 2. The zero-order valence-corrected chi connectivity index (χ0v) is 19.4. The summed E-state index contributed by atoms with van der Waals surface area (Å²) in [5, 5.41) is 10.4. The third-order valence-corrected chi connectivity index (χ3v) is 5.62. The molecule has 0 atom stereocenters. The van der Waals surface area contributed by atoms with E-state index in [1.165, 1.54) is 18.1 Å². The molecule has 3 rings (SSSR count). The fraction of sp³-hybridized carbons (Fsp3) is 0.375. The molecule has 1 amide bonds. The maximum Gasteiger partial charge on any atom is 0.255 e. The van der Waals surface area contributed by atoms with Crippen molar-refractivity contribution in [2.45, 2.75) is 50.4 Å². The van der Waals surface area contributed by atoms with E-state index in [-0.39, 0.29) is 5.91 Å². The van der Waals surface area contributed by atoms with Gasteiger partial charge in [0.25, 0.3) is 5.91 Å². The number of amides is 1. The Kier molecular flexibility index (Phi) is 9.43. The monoisotopic (exact) mass is 454 g/mol. The predicted molar refractivity (Wildman–Crippen MR) is 128 cm³/mol. The van der Waals surface area contributed by atoms with Gasteiger partial charge in [-0.15, -0.1) is 0 Å². The highest BCUT2D eigenvalue weighted by atomic mass is 32.2. The molecule has 3 aromatic rings. The van der Waals surface area contributed by atoms with Crippen molar-refractivity contribution < 1.29 is 14.3 Å². The second-order valence-electron chi connectivity index (χ2n) is 7.30. The minimum Gasteiger partial charge on any atom is -0.490 e. The van der Waals surface area contributed by atoms with E-state index in [1.807, 2.05) is 36.4 Å². The molecule has 8 heteroatoms. The standard InChI is InChI=1S/C24H30N4O3S/c1-3-5-12-30-21-11-10-20(15-22(21)31-13-6-4-2)27-23(29)19-9-7-8-18(14-19)16-32-24-25-17-26-28-24/h7-11,14-15,17H,3-6,12-13,16H2,1-2H3,(H,27,29)(H,25,26,28). The van der Waals surface area contributed by atoms with Crippen LogP contribution in [0.15, 0.2) is 53.9 Å². The van der Waals surface area contributed by atoms with Gasteiger partial charge in [0, 0.05) is 23.1 Å². The third kappa shape index (κ3) is 7.30. The normalized spacial score (nSPS) is 10.7. The van der Waals surface area contributed by atoms with Crippen molar-refractivity contribution >= 4 is 23.4 Å². The average molecular weight is 455 g/mol. The van der Waals surface area contributed by atoms with E-state index in [0.29, 0.717) is 41.7 Å². The molecule has 0 saturated heterocycles. The second-order valence-corrected chi connectivity index (χ2v) is 8.26. The van der Waals surface area contributed by atoms with Crippen molar-refractivity contribution in [1.82, 2.24) is 15.2 Å². The Balaban J connectivity index is 1.66. The van der Waals surface area contributed by atoms with E-state index in [4.69, 9.17) is 9.47 Å². The molecule has 0 fully saturated rings. The Morgan fingerprint density at radius 3 is 2.53 bits per heavy atom. The lowest BCUT2D eigenvalue weighted by Gasteiger charge is -2.15. The van der Waals surface area contributed by atoms with Gasteiger partial charge in [0.05, 0.1) is 13.2 Å². The number of aromatic nitrogens is 3. The SMILES string of the molecule is CCCCOc1ccc(NC(=O)c2cccc(CSc3ncn[nH]3)c2)cc1OCCCC. The van der Waals surface area contributed by atoms with E-state index in [9.17, 15) is 4.79 Å². The van der Waals surface area contributed by atoms with Crippen molar-refractivity contribution in [1.29, 1.82) is 0 Å². The van der Waals surface area contributed by atoms with Gasteiger partial charge in [-0.05, 0) is 42.7 Å². The number of hydrogen-bond acceptors (Lipinski definition) is 6. The van der Waals surface area contributed by atoms with Crippen LogP contribution in [0, 0.1) is 0 Å². The number of anilines is 1. The molecule has 1 aromatic heterocycles. The lowest BCUT2D eigenvalue weighted by molar-refractivity contribution is 0.102. The number of nitrogens with zero attached hydrogens (tertiary/aromatic N) is 2. The zero-order valence-electron chi connectivity index (χ0n) is 18.6. The Labute approximate surface area is 193 Å². The van der Waals surface area contributed by atoms with Crippen LogP contribution >= 0.6 is 11.8 Å². The highest BCUT2D eigenvalue weighted by Gasteiger charge is 2.11. The van der Waals surface area contributed by atoms with Gasteiger partial charge in [0.1, 0.15) is 6.33 Å². The first-order valence-corrected chi connectivity index (χ1v) is 12.0. The number of unbranched alkanes of at least 4 members (excludes halogenated alkanes) is 2. The summed E-state index contributed by atoms with van der Waals surface area (Å²) in [5.41, 5.74) is 2.30. The van der Waals surface area contributed by atoms with Crippen LogP contribution in [0.25, 0.3) is 0 Å². The number of rotatable bonds is 13. The molecule has 1 heterocycles. The molecule has 0 bridgehead atoms. The van der Waals surface area contributed by atoms with Gasteiger partial charge in [-0.1, -0.05) is 50.6 Å². The maximum absolute atomic E-state index is 12.8. The number of carbonyl (C=O) groups is 1. The van der Waals surface area contributed by atoms with E-state index < -0.39 is 0 Å². The first-order valence-electron chi connectivity index (χ1n) is 11.0. The summed E-state index contributed by atoms with van der Waals surface area (Å²) >= 11 is 1.53. The maximum atomic E-state index is 12.8. The molecule has 170 valence electrons. The summed E-state index contributed by atoms with van der Waals surface area (Å²) in [6.45, 7) is 5.51. The lowest BCUT2D eigenvalue weighted by atomic mass is 10.1. The molecule has 0 unspecified atom stereocenters. The summed E-state index contributed by atoms with van der Waals surface area (Å²) in [4.78, 5) is 17.0. The van der Waals surface area contributed by atoms with E-state index in [1.54, 1.807) is 6.07 Å². The van der Waals surface area contributed by atoms with E-state index in [0.717, 1.165) is 36.4 Å². The number of carbonyl (C=O) groups excluding carboxylic acids is 1. The Hall–Kier alpha value is -3.00. The zero-order chi connectivity index (χ0) is 22.6. The summed E-state index contributed by atoms with van der Waals surface area (Å²) in [7, 11) is 0. The van der Waals surface area contributed by atoms with Gasteiger partial charge < -0.3 is 14.8 Å². The van der Waals surface area contributed by atoms with Gasteiger partial charge in [0.2, 0.25) is 0 Å². The Morgan fingerprint density at radius 1 is 1.03 bits per heavy atom. The van der Waals surface area contributed by atoms with Crippen LogP contribution in [0.2, 0.25) is 0 Å². The van der Waals surface area contributed by atoms with Crippen LogP contribution in [0.1, 0.15) is 55.5 Å². The summed E-state index contributed by atoms with van der Waals surface area (Å²) in [6.07, 6.45) is 5.54. The molecule has 0 aliphatic carbocycles. The van der Waals surface area contributed by atoms with Gasteiger partial charge in [-0.3, -0.25) is 9.89 Å². The van der Waals surface area contributed by atoms with Crippen molar-refractivity contribution in [3.05, 3.63) is 59.9 Å². The van der Waals surface area contributed by atoms with Crippen molar-refractivity contribution in [3.63, 3.8) is 0 Å². The second kappa shape index (κ2) is 12.8. The quantitative estimate of drug-likeness (QED) is 0.254. The highest BCUT2D eigenvalue weighted by Crippen LogP contribution is 2.31. The molecule has 0 spiro atoms. The first kappa shape index (κ1) is 23.7. The molecule has 2 N–H and O–H groups in total. The third-order valence-electron chi connectivity index (χ3n) is 4.67. The molecule has 0 aliphatic heterocycles. The van der Waals surface area contributed by atoms with Crippen LogP contribution in [0.5, 0.6) is 11.5 Å². The number of aromatic amines is 1. The molecular weight excluding hydrogens is 424 g/mol. The van der Waals surface area contributed by atoms with Gasteiger partial charge in [-0.2, -0.15) is 5.10 Å². The number of ether oxygens (including phenoxy) is 2. The number of nitrogens with one attached hydrogen (secondary N) is 2. The molecule has 0 saturated carbocycles. The Morgan fingerprint density at radius 2 is 1.81 bits per heavy atom. The number of H-pyrrole nitrogens is 1. The van der Waals surface area contributed by atoms with Gasteiger partial charge in [0.15, 0.2) is 16.7 Å². The first-order chi connectivity index (χ1) is 15.7. The topological polar surface area (TPSA) is 89.1 Å². The summed E-state index contributed by atoms with van der Waals surface area (Å²) in [6, 6.07) is 13.1. The average Bonchev–Trinajstić information content (AvgIpc) is 3.33. The van der Waals surface area contributed by atoms with Crippen molar-refractivity contribution in [3.8, 4) is 11.5 Å². The number of thioether (sulfide) groups is 1. The minimum absolute atomic E-state index is 0.171. The lowest BCUT2D eigenvalue weighted by Crippen LogP contribution is -2.12. The molecule has 2 aromatic carbocycles. The largest absolute Gasteiger partial charge is 0.490 e. The fourth-order valence-electron chi connectivity index (χ4n) is 2.89. The smallest absolute Gasteiger partial charge is 0.255 e. The van der Waals surface area contributed by atoms with E-state index in [2.05, 4.69) is 34.3 Å². The Bertz CT molecular complexity index is 979. The summed E-state index contributed by atoms with van der Waals surface area (Å²) in [5.74, 6) is 1.88. The van der Waals surface area contributed by atoms with Crippen LogP contribution in [-0.2, 0) is 5.75 Å². The van der Waals surface area contributed by atoms with Crippen LogP contribution in [0.3, 0.4) is 0 Å². The molecule has 32 heavy (non-hydrogen) atoms. The van der Waals surface area contributed by atoms with Crippen LogP contribution < -0.4 is 14.8 Å². The number of benzene rings is 2. The fourth-order valence-corrected chi connectivity index (χ4v) is 3.61.